The Bertz CT molecular complexity index is 306. The van der Waals surface area contributed by atoms with E-state index in [1.165, 1.54) is 8.66 Å². The molecule has 92 valence electrons. The van der Waals surface area contributed by atoms with Gasteiger partial charge in [-0.25, -0.2) is 0 Å². The zero-order chi connectivity index (χ0) is 12.0. The molecule has 0 spiro atoms. The van der Waals surface area contributed by atoms with E-state index < -0.39 is 0 Å². The first kappa shape index (κ1) is 14.2. The largest absolute Gasteiger partial charge is 0.380 e. The van der Waals surface area contributed by atoms with Crippen molar-refractivity contribution < 1.29 is 4.74 Å². The second-order valence-corrected chi connectivity index (χ2v) is 7.29. The summed E-state index contributed by atoms with van der Waals surface area (Å²) < 4.78 is 6.76. The summed E-state index contributed by atoms with van der Waals surface area (Å²) in [7, 11) is 0. The molecule has 1 rings (SSSR count). The maximum atomic E-state index is 5.57. The molecule has 0 atom stereocenters. The summed E-state index contributed by atoms with van der Waals surface area (Å²) in [5.74, 6) is 0. The smallest absolute Gasteiger partial charge is 0.0701 e. The van der Waals surface area contributed by atoms with Crippen LogP contribution in [0.5, 0.6) is 0 Å². The van der Waals surface area contributed by atoms with Crippen LogP contribution >= 0.6 is 27.3 Å². The molecule has 0 aliphatic rings. The van der Waals surface area contributed by atoms with Gasteiger partial charge in [-0.15, -0.1) is 11.3 Å². The van der Waals surface area contributed by atoms with Gasteiger partial charge >= 0.3 is 0 Å². The average Bonchev–Trinajstić information content (AvgIpc) is 2.56. The van der Waals surface area contributed by atoms with Crippen molar-refractivity contribution in [3.8, 4) is 0 Å². The van der Waals surface area contributed by atoms with Gasteiger partial charge in [-0.05, 0) is 48.8 Å². The molecule has 0 aliphatic heterocycles. The highest BCUT2D eigenvalue weighted by Gasteiger charge is 2.07. The predicted octanol–water partition coefficient (Wildman–Crippen LogP) is 3.46. The number of rotatable bonds is 6. The molecule has 0 saturated carbocycles. The number of thiophene rings is 1. The number of halogens is 1. The zero-order valence-electron chi connectivity index (χ0n) is 10.2. The van der Waals surface area contributed by atoms with Crippen LogP contribution in [0.4, 0.5) is 0 Å². The molecule has 0 fully saturated rings. The van der Waals surface area contributed by atoms with Crippen molar-refractivity contribution in [3.05, 3.63) is 20.8 Å². The Morgan fingerprint density at radius 2 is 2.06 bits per heavy atom. The van der Waals surface area contributed by atoms with Crippen molar-refractivity contribution in [2.24, 2.45) is 0 Å². The van der Waals surface area contributed by atoms with Crippen LogP contribution in [0.15, 0.2) is 15.9 Å². The van der Waals surface area contributed by atoms with E-state index in [1.807, 2.05) is 0 Å². The Labute approximate surface area is 111 Å². The third-order valence-corrected chi connectivity index (χ3v) is 3.71. The summed E-state index contributed by atoms with van der Waals surface area (Å²) in [5, 5.41) is 3.39. The topological polar surface area (TPSA) is 21.3 Å². The van der Waals surface area contributed by atoms with Gasteiger partial charge in [0, 0.05) is 23.4 Å². The van der Waals surface area contributed by atoms with Gasteiger partial charge in [0.2, 0.25) is 0 Å². The minimum absolute atomic E-state index is 0.183. The zero-order valence-corrected chi connectivity index (χ0v) is 12.6. The maximum Gasteiger partial charge on any atom is 0.0701 e. The minimum Gasteiger partial charge on any atom is -0.380 e. The number of nitrogens with one attached hydrogen (secondary N) is 1. The van der Waals surface area contributed by atoms with Gasteiger partial charge in [0.25, 0.3) is 0 Å². The van der Waals surface area contributed by atoms with Crippen LogP contribution in [0.2, 0.25) is 0 Å². The van der Waals surface area contributed by atoms with Crippen LogP contribution in [-0.4, -0.2) is 25.3 Å². The van der Waals surface area contributed by atoms with Crippen LogP contribution in [0.25, 0.3) is 0 Å². The average molecular weight is 306 g/mol. The molecule has 0 amide bonds. The lowest BCUT2D eigenvalue weighted by Crippen LogP contribution is -2.38. The quantitative estimate of drug-likeness (QED) is 0.813. The van der Waals surface area contributed by atoms with Crippen LogP contribution in [0.1, 0.15) is 25.6 Å². The molecule has 1 heterocycles. The summed E-state index contributed by atoms with van der Waals surface area (Å²) in [4.78, 5) is 1.37. The van der Waals surface area contributed by atoms with E-state index in [0.29, 0.717) is 0 Å². The fourth-order valence-corrected chi connectivity index (χ4v) is 2.72. The molecule has 0 aliphatic carbocycles. The van der Waals surface area contributed by atoms with Gasteiger partial charge in [-0.2, -0.15) is 0 Å². The molecule has 1 aromatic rings. The summed E-state index contributed by atoms with van der Waals surface area (Å²) in [5.41, 5.74) is 0.183. The normalized spacial score (nSPS) is 12.0. The molecule has 0 aromatic carbocycles. The molecule has 0 radical (unpaired) electrons. The highest BCUT2D eigenvalue weighted by atomic mass is 79.9. The molecular weight excluding hydrogens is 286 g/mol. The number of hydrogen-bond acceptors (Lipinski definition) is 3. The molecule has 4 heteroatoms. The minimum atomic E-state index is 0.183. The molecular formula is C12H20BrNOS. The van der Waals surface area contributed by atoms with Gasteiger partial charge in [-0.3, -0.25) is 0 Å². The van der Waals surface area contributed by atoms with E-state index in [4.69, 9.17) is 4.74 Å². The first-order valence-corrected chi connectivity index (χ1v) is 7.15. The van der Waals surface area contributed by atoms with E-state index in [0.717, 1.165) is 26.2 Å². The van der Waals surface area contributed by atoms with E-state index in [9.17, 15) is 0 Å². The molecule has 1 N–H and O–H groups in total. The Hall–Kier alpha value is 0.1000. The monoisotopic (exact) mass is 305 g/mol. The van der Waals surface area contributed by atoms with E-state index in [1.54, 1.807) is 11.3 Å². The lowest BCUT2D eigenvalue weighted by molar-refractivity contribution is 0.134. The van der Waals surface area contributed by atoms with Crippen LogP contribution < -0.4 is 5.32 Å². The Morgan fingerprint density at radius 3 is 2.62 bits per heavy atom. The first-order chi connectivity index (χ1) is 7.47. The van der Waals surface area contributed by atoms with Gasteiger partial charge in [-0.1, -0.05) is 0 Å². The lowest BCUT2D eigenvalue weighted by Gasteiger charge is -2.20. The Kier molecular flexibility index (Phi) is 5.97. The van der Waals surface area contributed by atoms with Crippen molar-refractivity contribution in [2.45, 2.75) is 32.7 Å². The molecule has 1 aromatic heterocycles. The standard InChI is InChI=1S/C12H20BrNOS/c1-12(2,3)14-7-9-15-8-6-10-4-5-11(13)16-10/h4-5,14H,6-9H2,1-3H3. The number of hydrogen-bond donors (Lipinski definition) is 1. The second kappa shape index (κ2) is 6.74. The van der Waals surface area contributed by atoms with Gasteiger partial charge in [0.15, 0.2) is 0 Å². The first-order valence-electron chi connectivity index (χ1n) is 5.54. The summed E-state index contributed by atoms with van der Waals surface area (Å²) >= 11 is 5.23. The fourth-order valence-electron chi connectivity index (χ4n) is 1.26. The summed E-state index contributed by atoms with van der Waals surface area (Å²) in [6, 6.07) is 4.23. The highest BCUT2D eigenvalue weighted by molar-refractivity contribution is 9.11. The number of ether oxygens (including phenoxy) is 1. The van der Waals surface area contributed by atoms with Crippen molar-refractivity contribution in [1.29, 1.82) is 0 Å². The van der Waals surface area contributed by atoms with Crippen molar-refractivity contribution >= 4 is 27.3 Å². The van der Waals surface area contributed by atoms with Crippen molar-refractivity contribution in [1.82, 2.24) is 5.32 Å². The molecule has 2 nitrogen and oxygen atoms in total. The van der Waals surface area contributed by atoms with E-state index >= 15 is 0 Å². The lowest BCUT2D eigenvalue weighted by atomic mass is 10.1. The summed E-state index contributed by atoms with van der Waals surface area (Å²) in [6.07, 6.45) is 1.01. The van der Waals surface area contributed by atoms with Crippen LogP contribution in [0, 0.1) is 0 Å². The van der Waals surface area contributed by atoms with Crippen molar-refractivity contribution in [2.75, 3.05) is 19.8 Å². The summed E-state index contributed by atoms with van der Waals surface area (Å²) in [6.45, 7) is 8.99. The third kappa shape index (κ3) is 6.63. The van der Waals surface area contributed by atoms with Gasteiger partial charge in [0.1, 0.15) is 0 Å². The SMILES string of the molecule is CC(C)(C)NCCOCCc1ccc(Br)s1. The Morgan fingerprint density at radius 1 is 1.31 bits per heavy atom. The molecule has 0 saturated heterocycles. The van der Waals surface area contributed by atoms with Crippen molar-refractivity contribution in [3.63, 3.8) is 0 Å². The van der Waals surface area contributed by atoms with Gasteiger partial charge < -0.3 is 10.1 Å². The molecule has 0 bridgehead atoms. The molecule has 0 unspecified atom stereocenters. The third-order valence-electron chi connectivity index (χ3n) is 2.02. The van der Waals surface area contributed by atoms with E-state index in [2.05, 4.69) is 54.2 Å². The maximum absolute atomic E-state index is 5.57. The molecule has 16 heavy (non-hydrogen) atoms. The van der Waals surface area contributed by atoms with Gasteiger partial charge in [0.05, 0.1) is 17.0 Å². The fraction of sp³-hybridized carbons (Fsp3) is 0.667. The Balaban J connectivity index is 2.00. The van der Waals surface area contributed by atoms with E-state index in [-0.39, 0.29) is 5.54 Å². The second-order valence-electron chi connectivity index (χ2n) is 4.74. The predicted molar refractivity (Wildman–Crippen MR) is 74.3 cm³/mol. The highest BCUT2D eigenvalue weighted by Crippen LogP contribution is 2.22. The van der Waals surface area contributed by atoms with Crippen LogP contribution in [0.3, 0.4) is 0 Å². The van der Waals surface area contributed by atoms with Crippen LogP contribution in [-0.2, 0) is 11.2 Å².